The summed E-state index contributed by atoms with van der Waals surface area (Å²) in [6.07, 6.45) is 33.4. The van der Waals surface area contributed by atoms with Crippen molar-refractivity contribution in [2.75, 3.05) is 20.6 Å². The fourth-order valence-corrected chi connectivity index (χ4v) is 8.09. The summed E-state index contributed by atoms with van der Waals surface area (Å²) in [4.78, 5) is -1.07. The molecule has 42 heavy (non-hydrogen) atoms. The number of hydrogen-bond donors (Lipinski definition) is 1. The number of unbranched alkanes of at least 4 members (excludes halogenated alkanes) is 23. The Morgan fingerprint density at radius 2 is 0.714 bits per heavy atom. The van der Waals surface area contributed by atoms with Gasteiger partial charge in [-0.2, -0.15) is 8.42 Å². The molecule has 0 amide bonds. The Hall–Kier alpha value is 1.35. The van der Waals surface area contributed by atoms with Gasteiger partial charge < -0.3 is 21.5 Å². The molecule has 0 saturated heterocycles. The quantitative estimate of drug-likeness (QED) is 0.0345. The summed E-state index contributed by atoms with van der Waals surface area (Å²) >= 11 is 0. The van der Waals surface area contributed by atoms with Crippen LogP contribution in [-0.2, 0) is 10.1 Å². The molecule has 0 heterocycles. The minimum Gasteiger partial charge on any atom is -1.00 e. The first-order valence-electron chi connectivity index (χ1n) is 18.0. The molecule has 251 valence electrons. The average molecular weight is 692 g/mol. The van der Waals surface area contributed by atoms with E-state index < -0.39 is 15.0 Å². The number of hydrogen-bond acceptors (Lipinski definition) is 2. The summed E-state index contributed by atoms with van der Waals surface area (Å²) in [6, 6.07) is 0. The van der Waals surface area contributed by atoms with Crippen LogP contribution in [0.15, 0.2) is 0 Å². The Morgan fingerprint density at radius 1 is 0.476 bits per heavy atom. The first kappa shape index (κ1) is 47.8. The fraction of sp³-hybridized carbons (Fsp3) is 1.00. The van der Waals surface area contributed by atoms with Crippen LogP contribution >= 0.6 is 0 Å². The third kappa shape index (κ3) is 22.8. The third-order valence-corrected chi connectivity index (χ3v) is 11.4. The zero-order chi connectivity index (χ0) is 30.0. The minimum atomic E-state index is -4.18. The standard InChI is InChI=1S/C35H73NO3S.BrH.Na/c1-6-9-12-15-18-19-20-21-22-23-24-25-28-31-34-36(4,5)35(40(37,38)39,32-29-26-16-13-10-7-2)33-30-27-17-14-11-8-3;;/h6-34H2,1-5H3;1H;. The van der Waals surface area contributed by atoms with E-state index in [1.165, 1.54) is 128 Å². The van der Waals surface area contributed by atoms with E-state index in [0.29, 0.717) is 17.3 Å². The van der Waals surface area contributed by atoms with Gasteiger partial charge in [-0.3, -0.25) is 4.55 Å². The molecule has 0 spiro atoms. The Balaban J connectivity index is -0.00000760. The molecule has 0 aromatic rings. The molecule has 0 aliphatic heterocycles. The minimum absolute atomic E-state index is 0. The smallest absolute Gasteiger partial charge is 0.322 e. The van der Waals surface area contributed by atoms with Gasteiger partial charge in [0.15, 0.2) is 0 Å². The monoisotopic (exact) mass is 690 g/mol. The number of nitrogens with zero attached hydrogens (tertiary/aromatic N) is 1. The van der Waals surface area contributed by atoms with Crippen molar-refractivity contribution in [3.63, 3.8) is 0 Å². The van der Waals surface area contributed by atoms with Crippen molar-refractivity contribution in [2.45, 2.75) is 205 Å². The summed E-state index contributed by atoms with van der Waals surface area (Å²) in [5.41, 5.74) is 0. The van der Waals surface area contributed by atoms with Crippen LogP contribution in [0.1, 0.15) is 201 Å². The number of halogens is 1. The fourth-order valence-electron chi connectivity index (χ4n) is 6.57. The van der Waals surface area contributed by atoms with E-state index in [1.807, 2.05) is 0 Å². The third-order valence-electron chi connectivity index (χ3n) is 9.50. The molecule has 0 aliphatic rings. The predicted octanol–water partition coefficient (Wildman–Crippen LogP) is 8.25. The maximum absolute atomic E-state index is 13.1. The first-order valence-corrected chi connectivity index (χ1v) is 19.4. The molecule has 1 radical (unpaired) electrons. The molecule has 0 rings (SSSR count). The molecular weight excluding hydrogens is 617 g/mol. The molecule has 0 aromatic heterocycles. The largest absolute Gasteiger partial charge is 1.00 e. The molecule has 0 unspecified atom stereocenters. The average Bonchev–Trinajstić information content (AvgIpc) is 2.90. The van der Waals surface area contributed by atoms with E-state index in [2.05, 4.69) is 34.9 Å². The summed E-state index contributed by atoms with van der Waals surface area (Å²) in [5.74, 6) is 0. The van der Waals surface area contributed by atoms with Gasteiger partial charge in [0.1, 0.15) is 0 Å². The molecular formula is C35H74BrNNaO3S. The summed E-state index contributed by atoms with van der Waals surface area (Å²) in [5, 5.41) is 0. The Kier molecular flexibility index (Phi) is 35.2. The van der Waals surface area contributed by atoms with Crippen molar-refractivity contribution in [1.82, 2.24) is 0 Å². The van der Waals surface area contributed by atoms with Crippen LogP contribution in [0.25, 0.3) is 0 Å². The van der Waals surface area contributed by atoms with Crippen molar-refractivity contribution in [2.24, 2.45) is 0 Å². The van der Waals surface area contributed by atoms with Crippen LogP contribution in [0.5, 0.6) is 0 Å². The molecule has 0 aromatic carbocycles. The molecule has 0 aliphatic carbocycles. The van der Waals surface area contributed by atoms with Crippen molar-refractivity contribution in [1.29, 1.82) is 0 Å². The molecule has 7 heteroatoms. The Labute approximate surface area is 298 Å². The van der Waals surface area contributed by atoms with Gasteiger partial charge in [-0.05, 0) is 25.7 Å². The maximum atomic E-state index is 13.1. The normalized spacial score (nSPS) is 12.2. The van der Waals surface area contributed by atoms with Gasteiger partial charge in [-0.15, -0.1) is 0 Å². The van der Waals surface area contributed by atoms with Gasteiger partial charge in [0.2, 0.25) is 4.87 Å². The van der Waals surface area contributed by atoms with Crippen molar-refractivity contribution >= 4 is 39.7 Å². The van der Waals surface area contributed by atoms with Gasteiger partial charge >= 0.3 is 10.1 Å². The SMILES string of the molecule is CCCCCCCCCCCCCCCC[N+](C)(C)C(CCCCCCCC)(CCCCCCCC)S(=O)(=O)O.[Br-].[Na]. The summed E-state index contributed by atoms with van der Waals surface area (Å²) in [6.45, 7) is 7.55. The molecule has 0 saturated carbocycles. The predicted molar refractivity (Wildman–Crippen MR) is 183 cm³/mol. The summed E-state index contributed by atoms with van der Waals surface area (Å²) < 4.78 is 37.4. The zero-order valence-electron chi connectivity index (χ0n) is 29.5. The van der Waals surface area contributed by atoms with Crippen molar-refractivity contribution < 1.29 is 34.4 Å². The van der Waals surface area contributed by atoms with Crippen LogP contribution in [-0.4, -0.2) is 72.5 Å². The van der Waals surface area contributed by atoms with Gasteiger partial charge in [-0.1, -0.05) is 162 Å². The molecule has 4 nitrogen and oxygen atoms in total. The Morgan fingerprint density at radius 3 is 0.976 bits per heavy atom. The van der Waals surface area contributed by atoms with E-state index in [9.17, 15) is 13.0 Å². The maximum Gasteiger partial charge on any atom is 0.322 e. The topological polar surface area (TPSA) is 54.4 Å². The van der Waals surface area contributed by atoms with Crippen LogP contribution in [0, 0.1) is 0 Å². The summed E-state index contributed by atoms with van der Waals surface area (Å²) in [7, 11) is -0.0290. The molecule has 0 bridgehead atoms. The van der Waals surface area contributed by atoms with Crippen molar-refractivity contribution in [3.05, 3.63) is 0 Å². The van der Waals surface area contributed by atoms with Crippen LogP contribution in [0.4, 0.5) is 0 Å². The molecule has 0 fully saturated rings. The van der Waals surface area contributed by atoms with Crippen molar-refractivity contribution in [3.8, 4) is 0 Å². The van der Waals surface area contributed by atoms with E-state index in [0.717, 1.165) is 45.1 Å². The van der Waals surface area contributed by atoms with Crippen LogP contribution < -0.4 is 17.0 Å². The second kappa shape index (κ2) is 31.0. The van der Waals surface area contributed by atoms with Gasteiger partial charge in [-0.25, -0.2) is 0 Å². The van der Waals surface area contributed by atoms with Gasteiger partial charge in [0, 0.05) is 42.4 Å². The second-order valence-corrected chi connectivity index (χ2v) is 15.2. The zero-order valence-corrected chi connectivity index (χ0v) is 33.9. The van der Waals surface area contributed by atoms with E-state index in [-0.39, 0.29) is 46.5 Å². The van der Waals surface area contributed by atoms with Crippen LogP contribution in [0.3, 0.4) is 0 Å². The first-order chi connectivity index (χ1) is 19.2. The number of quaternary nitrogens is 1. The number of rotatable bonds is 31. The molecule has 1 N–H and O–H groups in total. The van der Waals surface area contributed by atoms with E-state index >= 15 is 0 Å². The molecule has 0 atom stereocenters. The van der Waals surface area contributed by atoms with Gasteiger partial charge in [0.25, 0.3) is 0 Å². The van der Waals surface area contributed by atoms with E-state index in [4.69, 9.17) is 0 Å². The van der Waals surface area contributed by atoms with Crippen LogP contribution in [0.2, 0.25) is 0 Å². The Bertz CT molecular complexity index is 645. The van der Waals surface area contributed by atoms with E-state index in [1.54, 1.807) is 0 Å². The second-order valence-electron chi connectivity index (χ2n) is 13.5. The van der Waals surface area contributed by atoms with Gasteiger partial charge in [0.05, 0.1) is 20.6 Å².